The molecule has 0 amide bonds. The van der Waals surface area contributed by atoms with E-state index in [9.17, 15) is 10.1 Å². The van der Waals surface area contributed by atoms with Crippen LogP contribution in [0.1, 0.15) is 12.8 Å². The third kappa shape index (κ3) is 2.68. The van der Waals surface area contributed by atoms with Gasteiger partial charge in [0.25, 0.3) is 5.66 Å². The summed E-state index contributed by atoms with van der Waals surface area (Å²) in [4.78, 5) is 11.0. The van der Waals surface area contributed by atoms with Crippen LogP contribution in [0.15, 0.2) is 30.3 Å². The summed E-state index contributed by atoms with van der Waals surface area (Å²) in [5.74, 6) is 0. The molecule has 1 aliphatic rings. The summed E-state index contributed by atoms with van der Waals surface area (Å²) < 4.78 is 0. The van der Waals surface area contributed by atoms with Crippen LogP contribution in [0.3, 0.4) is 0 Å². The van der Waals surface area contributed by atoms with Gasteiger partial charge < -0.3 is 10.6 Å². The van der Waals surface area contributed by atoms with Gasteiger partial charge in [-0.15, -0.1) is 11.6 Å². The fourth-order valence-electron chi connectivity index (χ4n) is 2.02. The van der Waals surface area contributed by atoms with Gasteiger partial charge in [0.1, 0.15) is 0 Å². The summed E-state index contributed by atoms with van der Waals surface area (Å²) in [6.45, 7) is 0.537. The van der Waals surface area contributed by atoms with E-state index in [4.69, 9.17) is 11.6 Å². The Morgan fingerprint density at radius 1 is 1.47 bits per heavy atom. The number of halogens is 1. The Kier molecular flexibility index (Phi) is 3.49. The highest BCUT2D eigenvalue weighted by molar-refractivity contribution is 6.20. The van der Waals surface area contributed by atoms with Gasteiger partial charge in [-0.25, -0.2) is 0 Å². The molecule has 6 heteroatoms. The average molecular weight is 256 g/mol. The maximum absolute atomic E-state index is 11.3. The Labute approximate surface area is 104 Å². The first-order valence-electron chi connectivity index (χ1n) is 5.48. The van der Waals surface area contributed by atoms with Crippen molar-refractivity contribution in [3.05, 3.63) is 40.4 Å². The highest BCUT2D eigenvalue weighted by Gasteiger charge is 2.46. The number of anilines is 1. The molecule has 1 aliphatic heterocycles. The summed E-state index contributed by atoms with van der Waals surface area (Å²) in [6, 6.07) is 9.19. The van der Waals surface area contributed by atoms with Crippen molar-refractivity contribution >= 4 is 17.3 Å². The lowest BCUT2D eigenvalue weighted by Crippen LogP contribution is -2.55. The molecule has 0 aliphatic carbocycles. The van der Waals surface area contributed by atoms with Gasteiger partial charge in [0, 0.05) is 17.2 Å². The summed E-state index contributed by atoms with van der Waals surface area (Å²) in [7, 11) is 0. The zero-order valence-electron chi connectivity index (χ0n) is 9.23. The van der Waals surface area contributed by atoms with E-state index in [1.807, 2.05) is 30.3 Å². The second-order valence-corrected chi connectivity index (χ2v) is 4.68. The van der Waals surface area contributed by atoms with Crippen molar-refractivity contribution in [3.8, 4) is 0 Å². The molecule has 1 heterocycles. The van der Waals surface area contributed by atoms with E-state index < -0.39 is 5.66 Å². The second-order valence-electron chi connectivity index (χ2n) is 4.16. The summed E-state index contributed by atoms with van der Waals surface area (Å²) in [5.41, 5.74) is -0.792. The number of benzene rings is 1. The summed E-state index contributed by atoms with van der Waals surface area (Å²) in [6.07, 6.45) is 0.675. The molecule has 0 spiro atoms. The lowest BCUT2D eigenvalue weighted by atomic mass is 9.98. The van der Waals surface area contributed by atoms with Gasteiger partial charge in [0.15, 0.2) is 0 Å². The molecule has 2 atom stereocenters. The Hall–Kier alpha value is -1.33. The van der Waals surface area contributed by atoms with Crippen LogP contribution in [0.25, 0.3) is 0 Å². The van der Waals surface area contributed by atoms with Crippen molar-refractivity contribution in [3.63, 3.8) is 0 Å². The van der Waals surface area contributed by atoms with Crippen molar-refractivity contribution in [2.75, 3.05) is 11.9 Å². The number of para-hydroxylation sites is 1. The predicted molar refractivity (Wildman–Crippen MR) is 66.7 cm³/mol. The maximum atomic E-state index is 11.3. The fraction of sp³-hybridized carbons (Fsp3) is 0.455. The van der Waals surface area contributed by atoms with E-state index in [2.05, 4.69) is 10.6 Å². The minimum atomic E-state index is -1.17. The number of hydrogen-bond donors (Lipinski definition) is 2. The number of nitrogens with one attached hydrogen (secondary N) is 2. The minimum absolute atomic E-state index is 0.260. The number of rotatable bonds is 3. The van der Waals surface area contributed by atoms with Crippen molar-refractivity contribution in [2.45, 2.75) is 24.0 Å². The average Bonchev–Trinajstić information content (AvgIpc) is 2.30. The predicted octanol–water partition coefficient (Wildman–Crippen LogP) is 2.02. The van der Waals surface area contributed by atoms with E-state index in [0.29, 0.717) is 13.0 Å². The molecule has 2 N–H and O–H groups in total. The van der Waals surface area contributed by atoms with Crippen molar-refractivity contribution < 1.29 is 4.92 Å². The molecule has 2 unspecified atom stereocenters. The molecule has 0 bridgehead atoms. The zero-order chi connectivity index (χ0) is 12.3. The first kappa shape index (κ1) is 12.1. The maximum Gasteiger partial charge on any atom is 0.297 e. The van der Waals surface area contributed by atoms with Crippen LogP contribution in [0.5, 0.6) is 0 Å². The van der Waals surface area contributed by atoms with Crippen molar-refractivity contribution in [1.82, 2.24) is 5.32 Å². The molecule has 1 fully saturated rings. The quantitative estimate of drug-likeness (QED) is 0.285. The van der Waals surface area contributed by atoms with Crippen LogP contribution < -0.4 is 10.6 Å². The highest BCUT2D eigenvalue weighted by atomic mass is 35.5. The van der Waals surface area contributed by atoms with Crippen LogP contribution in [0.2, 0.25) is 0 Å². The van der Waals surface area contributed by atoms with Crippen LogP contribution in [-0.4, -0.2) is 22.6 Å². The molecule has 1 aromatic rings. The molecule has 1 saturated heterocycles. The minimum Gasteiger partial charge on any atom is -0.321 e. The molecule has 5 nitrogen and oxygen atoms in total. The van der Waals surface area contributed by atoms with Gasteiger partial charge in [0.2, 0.25) is 0 Å². The molecule has 1 aromatic carbocycles. The topological polar surface area (TPSA) is 67.2 Å². The third-order valence-electron chi connectivity index (χ3n) is 2.92. The number of nitrogens with zero attached hydrogens (tertiary/aromatic N) is 1. The Bertz CT molecular complexity index is 401. The molecule has 0 radical (unpaired) electrons. The lowest BCUT2D eigenvalue weighted by Gasteiger charge is -2.33. The lowest BCUT2D eigenvalue weighted by molar-refractivity contribution is -0.565. The van der Waals surface area contributed by atoms with Crippen LogP contribution >= 0.6 is 11.6 Å². The molecular weight excluding hydrogens is 242 g/mol. The van der Waals surface area contributed by atoms with E-state index in [-0.39, 0.29) is 16.8 Å². The Morgan fingerprint density at radius 3 is 2.76 bits per heavy atom. The second kappa shape index (κ2) is 4.89. The van der Waals surface area contributed by atoms with E-state index in [1.54, 1.807) is 0 Å². The molecular formula is C11H14ClN3O2. The molecule has 0 saturated carbocycles. The SMILES string of the molecule is O=[N+]([O-])C1(Nc2ccccc2)CCNC(Cl)C1. The van der Waals surface area contributed by atoms with Gasteiger partial charge in [-0.3, -0.25) is 10.1 Å². The van der Waals surface area contributed by atoms with Gasteiger partial charge in [-0.2, -0.15) is 0 Å². The van der Waals surface area contributed by atoms with Gasteiger partial charge >= 0.3 is 0 Å². The van der Waals surface area contributed by atoms with E-state index in [0.717, 1.165) is 5.69 Å². The monoisotopic (exact) mass is 255 g/mol. The Balaban J connectivity index is 2.20. The number of nitro groups is 1. The normalized spacial score (nSPS) is 28.6. The largest absolute Gasteiger partial charge is 0.321 e. The van der Waals surface area contributed by atoms with Gasteiger partial charge in [-0.1, -0.05) is 18.2 Å². The molecule has 17 heavy (non-hydrogen) atoms. The van der Waals surface area contributed by atoms with Crippen molar-refractivity contribution in [1.29, 1.82) is 0 Å². The van der Waals surface area contributed by atoms with E-state index >= 15 is 0 Å². The fourth-order valence-corrected chi connectivity index (χ4v) is 2.39. The smallest absolute Gasteiger partial charge is 0.297 e. The number of alkyl halides is 1. The summed E-state index contributed by atoms with van der Waals surface area (Å²) >= 11 is 5.96. The third-order valence-corrected chi connectivity index (χ3v) is 3.23. The van der Waals surface area contributed by atoms with Crippen LogP contribution in [-0.2, 0) is 0 Å². The van der Waals surface area contributed by atoms with Crippen LogP contribution in [0, 0.1) is 10.1 Å². The first-order valence-corrected chi connectivity index (χ1v) is 5.91. The first-order chi connectivity index (χ1) is 8.12. The standard InChI is InChI=1S/C11H14ClN3O2/c12-10-8-11(15(16)17,6-7-13-10)14-9-4-2-1-3-5-9/h1-5,10,13-14H,6-8H2. The number of hydrogen-bond acceptors (Lipinski definition) is 4. The van der Waals surface area contributed by atoms with Crippen molar-refractivity contribution in [2.24, 2.45) is 0 Å². The highest BCUT2D eigenvalue weighted by Crippen LogP contribution is 2.28. The van der Waals surface area contributed by atoms with E-state index in [1.165, 1.54) is 0 Å². The summed E-state index contributed by atoms with van der Waals surface area (Å²) in [5, 5.41) is 17.3. The van der Waals surface area contributed by atoms with Gasteiger partial charge in [-0.05, 0) is 12.1 Å². The molecule has 92 valence electrons. The molecule has 0 aromatic heterocycles. The number of piperidine rings is 1. The van der Waals surface area contributed by atoms with Gasteiger partial charge in [0.05, 0.1) is 18.3 Å². The molecule has 2 rings (SSSR count). The Morgan fingerprint density at radius 2 is 2.18 bits per heavy atom. The van der Waals surface area contributed by atoms with Crippen LogP contribution in [0.4, 0.5) is 5.69 Å². The zero-order valence-corrected chi connectivity index (χ0v) is 9.98.